The third kappa shape index (κ3) is 4.58. The Kier molecular flexibility index (Phi) is 6.97. The number of nitrogens with zero attached hydrogens (tertiary/aromatic N) is 4. The molecule has 2 aliphatic rings. The lowest BCUT2D eigenvalue weighted by Gasteiger charge is -2.38. The number of aryl methyl sites for hydroxylation is 1. The summed E-state index contributed by atoms with van der Waals surface area (Å²) in [4.78, 5) is 40.2. The number of amides is 4. The summed E-state index contributed by atoms with van der Waals surface area (Å²) < 4.78 is 1.65. The second-order valence-corrected chi connectivity index (χ2v) is 7.98. The fraction of sp³-hybridized carbons (Fsp3) is 0.500. The van der Waals surface area contributed by atoms with E-state index in [-0.39, 0.29) is 53.8 Å². The van der Waals surface area contributed by atoms with Crippen molar-refractivity contribution in [2.75, 3.05) is 36.4 Å². The summed E-state index contributed by atoms with van der Waals surface area (Å²) in [6, 6.07) is 5.58. The average Bonchev–Trinajstić information content (AvgIpc) is 3.02. The standard InChI is InChI=1S/C20H27N7O3.BrH/c1-12-9-21-10-13(2)27(12)11-17(29)22-15-6-4-5-14-18(15)25(3)24-19(14)26-8-7-16(28)23-20(26)30;/h4-6,12-13,21H,7-11H2,1-3H3,(H,22,29)(H,23,28,30);1H/t12-,13+;. The molecule has 0 unspecified atom stereocenters. The van der Waals surface area contributed by atoms with Gasteiger partial charge >= 0.3 is 6.03 Å². The molecule has 10 nitrogen and oxygen atoms in total. The topological polar surface area (TPSA) is 112 Å². The molecule has 11 heteroatoms. The third-order valence-corrected chi connectivity index (χ3v) is 5.77. The lowest BCUT2D eigenvalue weighted by molar-refractivity contribution is -0.120. The Morgan fingerprint density at radius 2 is 1.94 bits per heavy atom. The van der Waals surface area contributed by atoms with Crippen LogP contribution in [0, 0.1) is 0 Å². The van der Waals surface area contributed by atoms with Gasteiger partial charge in [0.2, 0.25) is 11.8 Å². The molecule has 0 spiro atoms. The molecule has 2 atom stereocenters. The van der Waals surface area contributed by atoms with Gasteiger partial charge in [-0.25, -0.2) is 4.79 Å². The predicted octanol–water partition coefficient (Wildman–Crippen LogP) is 1.22. The van der Waals surface area contributed by atoms with E-state index in [0.29, 0.717) is 18.1 Å². The van der Waals surface area contributed by atoms with Gasteiger partial charge in [0.15, 0.2) is 5.82 Å². The van der Waals surface area contributed by atoms with Crippen LogP contribution in [-0.2, 0) is 16.6 Å². The van der Waals surface area contributed by atoms with Crippen molar-refractivity contribution in [3.05, 3.63) is 18.2 Å². The predicted molar refractivity (Wildman–Crippen MR) is 124 cm³/mol. The molecule has 0 radical (unpaired) electrons. The van der Waals surface area contributed by atoms with Gasteiger partial charge in [-0.1, -0.05) is 6.07 Å². The zero-order chi connectivity index (χ0) is 21.4. The largest absolute Gasteiger partial charge is 0.329 e. The molecule has 2 fully saturated rings. The molecule has 4 amide bonds. The Balaban J connectivity index is 0.00000272. The van der Waals surface area contributed by atoms with E-state index in [0.717, 1.165) is 24.0 Å². The highest BCUT2D eigenvalue weighted by Crippen LogP contribution is 2.31. The van der Waals surface area contributed by atoms with Gasteiger partial charge in [0.1, 0.15) is 0 Å². The Bertz CT molecular complexity index is 998. The normalized spacial score (nSPS) is 22.2. The molecule has 2 saturated heterocycles. The van der Waals surface area contributed by atoms with Crippen LogP contribution < -0.4 is 20.9 Å². The van der Waals surface area contributed by atoms with Crippen molar-refractivity contribution < 1.29 is 14.4 Å². The zero-order valence-corrected chi connectivity index (χ0v) is 19.6. The van der Waals surface area contributed by atoms with E-state index in [4.69, 9.17) is 0 Å². The minimum Gasteiger partial charge on any atom is -0.323 e. The number of nitrogens with one attached hydrogen (secondary N) is 3. The summed E-state index contributed by atoms with van der Waals surface area (Å²) in [6.07, 6.45) is 0.224. The lowest BCUT2D eigenvalue weighted by Crippen LogP contribution is -2.56. The average molecular weight is 494 g/mol. The number of fused-ring (bicyclic) bond motifs is 1. The van der Waals surface area contributed by atoms with Crippen LogP contribution >= 0.6 is 17.0 Å². The summed E-state index contributed by atoms with van der Waals surface area (Å²) in [5.41, 5.74) is 1.37. The number of para-hydroxylation sites is 1. The number of urea groups is 1. The monoisotopic (exact) mass is 493 g/mol. The summed E-state index contributed by atoms with van der Waals surface area (Å²) in [7, 11) is 1.77. The maximum atomic E-state index is 12.8. The van der Waals surface area contributed by atoms with Crippen LogP contribution in [0.4, 0.5) is 16.3 Å². The maximum absolute atomic E-state index is 12.8. The number of carbonyl (C=O) groups excluding carboxylic acids is 3. The number of hydrogen-bond acceptors (Lipinski definition) is 6. The van der Waals surface area contributed by atoms with E-state index in [1.807, 2.05) is 18.2 Å². The summed E-state index contributed by atoms with van der Waals surface area (Å²) in [5, 5.41) is 13.9. The SMILES string of the molecule is Br.C[C@@H]1CNC[C@H](C)N1CC(=O)Nc1cccc2c(N3CCC(=O)NC3=O)nn(C)c12. The zero-order valence-electron chi connectivity index (χ0n) is 17.8. The minimum absolute atomic E-state index is 0. The van der Waals surface area contributed by atoms with Crippen LogP contribution in [0.15, 0.2) is 18.2 Å². The number of anilines is 2. The van der Waals surface area contributed by atoms with Crippen LogP contribution in [0.25, 0.3) is 10.9 Å². The molecule has 2 aromatic rings. The third-order valence-electron chi connectivity index (χ3n) is 5.77. The molecule has 0 bridgehead atoms. The Labute approximate surface area is 191 Å². The van der Waals surface area contributed by atoms with Crippen molar-refractivity contribution in [1.82, 2.24) is 25.3 Å². The van der Waals surface area contributed by atoms with Gasteiger partial charge in [0, 0.05) is 50.6 Å². The van der Waals surface area contributed by atoms with E-state index in [2.05, 4.69) is 39.8 Å². The van der Waals surface area contributed by atoms with Crippen molar-refractivity contribution in [3.8, 4) is 0 Å². The molecule has 3 N–H and O–H groups in total. The number of halogens is 1. The second-order valence-electron chi connectivity index (χ2n) is 7.98. The fourth-order valence-corrected chi connectivity index (χ4v) is 4.22. The number of piperazine rings is 1. The second kappa shape index (κ2) is 9.33. The van der Waals surface area contributed by atoms with E-state index in [9.17, 15) is 14.4 Å². The number of aromatic nitrogens is 2. The fourth-order valence-electron chi connectivity index (χ4n) is 4.22. The van der Waals surface area contributed by atoms with Gasteiger partial charge in [0.05, 0.1) is 17.7 Å². The first kappa shape index (κ1) is 23.2. The molecule has 0 aliphatic carbocycles. The number of benzene rings is 1. The highest BCUT2D eigenvalue weighted by molar-refractivity contribution is 8.93. The summed E-state index contributed by atoms with van der Waals surface area (Å²) >= 11 is 0. The molecule has 3 heterocycles. The Morgan fingerprint density at radius 3 is 2.61 bits per heavy atom. The number of hydrogen-bond donors (Lipinski definition) is 3. The van der Waals surface area contributed by atoms with Crippen molar-refractivity contribution in [1.29, 1.82) is 0 Å². The smallest absolute Gasteiger partial charge is 0.323 e. The van der Waals surface area contributed by atoms with Crippen molar-refractivity contribution >= 4 is 57.2 Å². The van der Waals surface area contributed by atoms with E-state index >= 15 is 0 Å². The maximum Gasteiger partial charge on any atom is 0.329 e. The first-order valence-corrected chi connectivity index (χ1v) is 10.2. The quantitative estimate of drug-likeness (QED) is 0.590. The van der Waals surface area contributed by atoms with E-state index < -0.39 is 6.03 Å². The minimum atomic E-state index is -0.484. The molecule has 1 aromatic carbocycles. The van der Waals surface area contributed by atoms with Crippen molar-refractivity contribution in [2.24, 2.45) is 7.05 Å². The molecule has 0 saturated carbocycles. The van der Waals surface area contributed by atoms with Crippen LogP contribution in [0.1, 0.15) is 20.3 Å². The van der Waals surface area contributed by atoms with Gasteiger partial charge in [-0.15, -0.1) is 17.0 Å². The molecule has 1 aromatic heterocycles. The van der Waals surface area contributed by atoms with Crippen LogP contribution in [0.5, 0.6) is 0 Å². The van der Waals surface area contributed by atoms with Gasteiger partial charge in [0.25, 0.3) is 0 Å². The molecule has 168 valence electrons. The molecule has 2 aliphatic heterocycles. The number of carbonyl (C=O) groups is 3. The Morgan fingerprint density at radius 1 is 1.23 bits per heavy atom. The van der Waals surface area contributed by atoms with Crippen LogP contribution in [0.3, 0.4) is 0 Å². The molecule has 31 heavy (non-hydrogen) atoms. The van der Waals surface area contributed by atoms with Crippen LogP contribution in [0.2, 0.25) is 0 Å². The van der Waals surface area contributed by atoms with Crippen LogP contribution in [-0.4, -0.2) is 70.8 Å². The lowest BCUT2D eigenvalue weighted by atomic mass is 10.1. The van der Waals surface area contributed by atoms with Gasteiger partial charge < -0.3 is 10.6 Å². The molecule has 4 rings (SSSR count). The summed E-state index contributed by atoms with van der Waals surface area (Å²) in [6.45, 7) is 6.52. The van der Waals surface area contributed by atoms with Gasteiger partial charge in [-0.05, 0) is 26.0 Å². The van der Waals surface area contributed by atoms with Gasteiger partial charge in [-0.3, -0.25) is 29.4 Å². The van der Waals surface area contributed by atoms with Crippen molar-refractivity contribution in [3.63, 3.8) is 0 Å². The highest BCUT2D eigenvalue weighted by atomic mass is 79.9. The number of imide groups is 1. The highest BCUT2D eigenvalue weighted by Gasteiger charge is 2.29. The molecular formula is C20H28BrN7O3. The van der Waals surface area contributed by atoms with Crippen molar-refractivity contribution in [2.45, 2.75) is 32.4 Å². The first-order chi connectivity index (χ1) is 14.3. The van der Waals surface area contributed by atoms with Gasteiger partial charge in [-0.2, -0.15) is 5.10 Å². The van der Waals surface area contributed by atoms with E-state index in [1.165, 1.54) is 4.90 Å². The Hall–Kier alpha value is -2.50. The first-order valence-electron chi connectivity index (χ1n) is 10.2. The number of rotatable bonds is 4. The van der Waals surface area contributed by atoms with E-state index in [1.54, 1.807) is 11.7 Å². The summed E-state index contributed by atoms with van der Waals surface area (Å²) in [5.74, 6) is 0.0888. The molecular weight excluding hydrogens is 466 g/mol.